The van der Waals surface area contributed by atoms with Crippen LogP contribution in [0.25, 0.3) is 87.2 Å². The third kappa shape index (κ3) is 4.07. The number of fused-ring (bicyclic) bond motifs is 8. The van der Waals surface area contributed by atoms with Crippen LogP contribution in [0.3, 0.4) is 0 Å². The second-order valence-corrected chi connectivity index (χ2v) is 11.8. The van der Waals surface area contributed by atoms with E-state index in [1.165, 1.54) is 87.2 Å². The van der Waals surface area contributed by atoms with Gasteiger partial charge < -0.3 is 0 Å². The summed E-state index contributed by atoms with van der Waals surface area (Å²) >= 11 is 0. The average molecular weight is 557 g/mol. The quantitative estimate of drug-likeness (QED) is 0.190. The molecule has 0 aliphatic carbocycles. The van der Waals surface area contributed by atoms with Crippen molar-refractivity contribution in [3.8, 4) is 33.4 Å². The molecule has 0 heteroatoms. The highest BCUT2D eigenvalue weighted by atomic mass is 14.2. The van der Waals surface area contributed by atoms with E-state index in [-0.39, 0.29) is 0 Å². The van der Waals surface area contributed by atoms with E-state index in [1.807, 2.05) is 0 Å². The highest BCUT2D eigenvalue weighted by Crippen LogP contribution is 2.39. The monoisotopic (exact) mass is 556 g/mol. The molecule has 9 aromatic rings. The molecule has 204 valence electrons. The van der Waals surface area contributed by atoms with E-state index in [0.717, 1.165) is 0 Å². The Kier molecular flexibility index (Phi) is 5.61. The highest BCUT2D eigenvalue weighted by molar-refractivity contribution is 6.25. The number of hydrogen-bond donors (Lipinski definition) is 0. The maximum atomic E-state index is 2.40. The molecule has 44 heavy (non-hydrogen) atoms. The van der Waals surface area contributed by atoms with Crippen LogP contribution in [0.4, 0.5) is 0 Å². The van der Waals surface area contributed by atoms with Crippen molar-refractivity contribution in [3.63, 3.8) is 0 Å². The first-order valence-corrected chi connectivity index (χ1v) is 15.3. The molecule has 9 aromatic carbocycles. The molecule has 0 bridgehead atoms. The maximum Gasteiger partial charge on any atom is -0.00928 e. The number of rotatable bonds is 3. The van der Waals surface area contributed by atoms with Crippen LogP contribution in [0.1, 0.15) is 0 Å². The van der Waals surface area contributed by atoms with Crippen LogP contribution in [-0.4, -0.2) is 0 Å². The van der Waals surface area contributed by atoms with Gasteiger partial charge in [0.2, 0.25) is 0 Å². The van der Waals surface area contributed by atoms with Crippen LogP contribution < -0.4 is 0 Å². The molecule has 0 aliphatic heterocycles. The van der Waals surface area contributed by atoms with Crippen molar-refractivity contribution in [3.05, 3.63) is 170 Å². The summed E-state index contributed by atoms with van der Waals surface area (Å²) in [6, 6.07) is 62.5. The predicted molar refractivity (Wildman–Crippen MR) is 190 cm³/mol. The van der Waals surface area contributed by atoms with Crippen molar-refractivity contribution in [2.24, 2.45) is 0 Å². The Balaban J connectivity index is 1.30. The first-order valence-electron chi connectivity index (χ1n) is 15.3. The number of benzene rings is 9. The lowest BCUT2D eigenvalue weighted by atomic mass is 9.89. The zero-order valence-electron chi connectivity index (χ0n) is 24.2. The molecule has 0 aliphatic rings. The van der Waals surface area contributed by atoms with E-state index in [1.54, 1.807) is 0 Å². The van der Waals surface area contributed by atoms with Crippen LogP contribution in [0.2, 0.25) is 0 Å². The van der Waals surface area contributed by atoms with E-state index < -0.39 is 0 Å². The van der Waals surface area contributed by atoms with Crippen LogP contribution in [-0.2, 0) is 0 Å². The molecule has 0 heterocycles. The minimum Gasteiger partial charge on any atom is -0.0616 e. The molecule has 0 aromatic heterocycles. The Morgan fingerprint density at radius 2 is 0.523 bits per heavy atom. The van der Waals surface area contributed by atoms with Gasteiger partial charge >= 0.3 is 0 Å². The topological polar surface area (TPSA) is 0 Å². The zero-order chi connectivity index (χ0) is 29.0. The van der Waals surface area contributed by atoms with Gasteiger partial charge in [-0.2, -0.15) is 0 Å². The van der Waals surface area contributed by atoms with Gasteiger partial charge in [0.15, 0.2) is 0 Å². The Labute approximate surface area is 256 Å². The van der Waals surface area contributed by atoms with Gasteiger partial charge in [-0.05, 0) is 124 Å². The number of hydrogen-bond acceptors (Lipinski definition) is 0. The molecule has 9 rings (SSSR count). The molecule has 0 nitrogen and oxygen atoms in total. The lowest BCUT2D eigenvalue weighted by Crippen LogP contribution is -1.88. The normalized spacial score (nSPS) is 11.6. The van der Waals surface area contributed by atoms with Gasteiger partial charge in [-0.3, -0.25) is 0 Å². The molecule has 0 fully saturated rings. The molecule has 0 N–H and O–H groups in total. The fourth-order valence-electron chi connectivity index (χ4n) is 6.95. The van der Waals surface area contributed by atoms with E-state index in [2.05, 4.69) is 170 Å². The molecule has 0 saturated carbocycles. The minimum atomic E-state index is 1.22. The Morgan fingerprint density at radius 1 is 0.182 bits per heavy atom. The summed E-state index contributed by atoms with van der Waals surface area (Å²) in [4.78, 5) is 0. The largest absolute Gasteiger partial charge is 0.0616 e. The zero-order valence-corrected chi connectivity index (χ0v) is 24.2. The van der Waals surface area contributed by atoms with Crippen molar-refractivity contribution in [2.45, 2.75) is 0 Å². The summed E-state index contributed by atoms with van der Waals surface area (Å²) in [7, 11) is 0. The summed E-state index contributed by atoms with van der Waals surface area (Å²) < 4.78 is 0. The average Bonchev–Trinajstić information content (AvgIpc) is 3.11. The molecule has 0 unspecified atom stereocenters. The van der Waals surface area contributed by atoms with E-state index in [9.17, 15) is 0 Å². The van der Waals surface area contributed by atoms with Gasteiger partial charge in [-0.15, -0.1) is 0 Å². The van der Waals surface area contributed by atoms with Crippen molar-refractivity contribution < 1.29 is 0 Å². The standard InChI is InChI=1S/C44H28/c1-3-11-31-23-33(19-17-29(31)9-1)36-25-37(34-20-18-30-10-2-4-12-32(30)24-34)27-38(26-36)35-21-22-43-41-15-6-5-13-39(41)40-14-7-8-16-42(40)44(43)28-35/h1-28H. The van der Waals surface area contributed by atoms with Gasteiger partial charge in [0.1, 0.15) is 0 Å². The lowest BCUT2D eigenvalue weighted by molar-refractivity contribution is 1.59. The van der Waals surface area contributed by atoms with Crippen LogP contribution in [0.15, 0.2) is 170 Å². The van der Waals surface area contributed by atoms with Crippen LogP contribution in [0, 0.1) is 0 Å². The predicted octanol–water partition coefficient (Wildman–Crippen LogP) is 12.5. The van der Waals surface area contributed by atoms with Crippen LogP contribution >= 0.6 is 0 Å². The molecular formula is C44H28. The Hall–Kier alpha value is -5.72. The smallest absolute Gasteiger partial charge is 0.00928 e. The second-order valence-electron chi connectivity index (χ2n) is 11.8. The molecule has 0 saturated heterocycles. The van der Waals surface area contributed by atoms with Crippen molar-refractivity contribution >= 4 is 53.9 Å². The molecule has 0 amide bonds. The fourth-order valence-corrected chi connectivity index (χ4v) is 6.95. The SMILES string of the molecule is c1ccc2cc(-c3cc(-c4ccc5ccccc5c4)cc(-c4ccc5c6ccccc6c6ccccc6c5c4)c3)ccc2c1. The Morgan fingerprint density at radius 3 is 1.00 bits per heavy atom. The summed E-state index contributed by atoms with van der Waals surface area (Å²) in [5, 5.41) is 12.8. The van der Waals surface area contributed by atoms with Crippen molar-refractivity contribution in [2.75, 3.05) is 0 Å². The summed E-state index contributed by atoms with van der Waals surface area (Å²) in [5.74, 6) is 0. The third-order valence-corrected chi connectivity index (χ3v) is 9.18. The molecule has 0 spiro atoms. The molecule has 0 radical (unpaired) electrons. The Bertz CT molecular complexity index is 2420. The third-order valence-electron chi connectivity index (χ3n) is 9.18. The summed E-state index contributed by atoms with van der Waals surface area (Å²) in [6.07, 6.45) is 0. The van der Waals surface area contributed by atoms with E-state index in [4.69, 9.17) is 0 Å². The van der Waals surface area contributed by atoms with Crippen molar-refractivity contribution in [1.29, 1.82) is 0 Å². The van der Waals surface area contributed by atoms with Gasteiger partial charge in [0.25, 0.3) is 0 Å². The minimum absolute atomic E-state index is 1.22. The summed E-state index contributed by atoms with van der Waals surface area (Å²) in [5.41, 5.74) is 7.34. The van der Waals surface area contributed by atoms with Crippen molar-refractivity contribution in [1.82, 2.24) is 0 Å². The summed E-state index contributed by atoms with van der Waals surface area (Å²) in [6.45, 7) is 0. The van der Waals surface area contributed by atoms with E-state index in [0.29, 0.717) is 0 Å². The lowest BCUT2D eigenvalue weighted by Gasteiger charge is -2.15. The first kappa shape index (κ1) is 24.8. The highest BCUT2D eigenvalue weighted by Gasteiger charge is 2.12. The first-order chi connectivity index (χ1) is 21.8. The fraction of sp³-hybridized carbons (Fsp3) is 0. The second kappa shape index (κ2) is 9.93. The molecular weight excluding hydrogens is 528 g/mol. The maximum absolute atomic E-state index is 2.40. The van der Waals surface area contributed by atoms with Crippen LogP contribution in [0.5, 0.6) is 0 Å². The van der Waals surface area contributed by atoms with Gasteiger partial charge in [0.05, 0.1) is 0 Å². The molecule has 0 atom stereocenters. The van der Waals surface area contributed by atoms with E-state index >= 15 is 0 Å². The van der Waals surface area contributed by atoms with Gasteiger partial charge in [-0.1, -0.05) is 133 Å². The van der Waals surface area contributed by atoms with Gasteiger partial charge in [0, 0.05) is 0 Å². The van der Waals surface area contributed by atoms with Gasteiger partial charge in [-0.25, -0.2) is 0 Å².